The topological polar surface area (TPSA) is 46.5 Å². The maximum Gasteiger partial charge on any atom is 0.251 e. The summed E-state index contributed by atoms with van der Waals surface area (Å²) in [5, 5.41) is 0. The Hall–Kier alpha value is 0.320. The molecule has 0 aromatic heterocycles. The summed E-state index contributed by atoms with van der Waals surface area (Å²) in [7, 11) is -3.29. The highest BCUT2D eigenvalue weighted by Crippen LogP contribution is 1.93. The van der Waals surface area contributed by atoms with Crippen LogP contribution in [0, 0.1) is 0 Å². The van der Waals surface area contributed by atoms with Gasteiger partial charge in [-0.2, -0.15) is 4.40 Å². The Morgan fingerprint density at radius 3 is 1.88 bits per heavy atom. The molecule has 8 heavy (non-hydrogen) atoms. The molecule has 0 heterocycles. The molecule has 0 aliphatic rings. The molecule has 0 saturated heterocycles. The monoisotopic (exact) mass is 171 g/mol. The molecule has 0 aromatic rings. The second-order valence-electron chi connectivity index (χ2n) is 1.12. The highest BCUT2D eigenvalue weighted by atomic mass is 32.2. The average Bonchev–Trinajstić information content (AvgIpc) is 1.21. The van der Waals surface area contributed by atoms with Gasteiger partial charge in [0.1, 0.15) is 4.38 Å². The maximum absolute atomic E-state index is 10.2. The van der Waals surface area contributed by atoms with Crippen LogP contribution in [0.15, 0.2) is 4.40 Å². The van der Waals surface area contributed by atoms with Gasteiger partial charge in [0.2, 0.25) is 0 Å². The smallest absolute Gasteiger partial charge is 0.205 e. The number of nitrogens with zero attached hydrogens (tertiary/aromatic N) is 1. The van der Waals surface area contributed by atoms with E-state index in [1.165, 1.54) is 0 Å². The molecule has 0 fully saturated rings. The van der Waals surface area contributed by atoms with Crippen LogP contribution < -0.4 is 0 Å². The fourth-order valence-electron chi connectivity index (χ4n) is 0.148. The van der Waals surface area contributed by atoms with Gasteiger partial charge in [0.25, 0.3) is 10.0 Å². The van der Waals surface area contributed by atoms with Gasteiger partial charge in [-0.25, -0.2) is 8.42 Å². The van der Waals surface area contributed by atoms with Gasteiger partial charge in [-0.05, 0) is 0 Å². The van der Waals surface area contributed by atoms with Gasteiger partial charge in [0.15, 0.2) is 0 Å². The third kappa shape index (κ3) is 6.32. The van der Waals surface area contributed by atoms with Crippen molar-refractivity contribution in [1.82, 2.24) is 0 Å². The van der Waals surface area contributed by atoms with Crippen LogP contribution in [-0.2, 0) is 10.0 Å². The Morgan fingerprint density at radius 1 is 1.50 bits per heavy atom. The lowest BCUT2D eigenvalue weighted by atomic mass is 11.7. The average molecular weight is 171 g/mol. The first-order valence-corrected chi connectivity index (χ1v) is 4.34. The molecule has 6 heteroatoms. The fraction of sp³-hybridized carbons (Fsp3) is 0.500. The molecule has 0 spiro atoms. The molecule has 0 aliphatic carbocycles. The Morgan fingerprint density at radius 2 is 1.88 bits per heavy atom. The first kappa shape index (κ1) is 8.32. The normalized spacial score (nSPS) is 10.9. The predicted octanol–water partition coefficient (Wildman–Crippen LogP) is 0.162. The van der Waals surface area contributed by atoms with Gasteiger partial charge in [-0.15, -0.1) is 25.3 Å². The molecule has 0 unspecified atom stereocenters. The van der Waals surface area contributed by atoms with Gasteiger partial charge in [0.05, 0.1) is 6.26 Å². The fourth-order valence-corrected chi connectivity index (χ4v) is 1.33. The van der Waals surface area contributed by atoms with Crippen LogP contribution >= 0.6 is 25.3 Å². The quantitative estimate of drug-likeness (QED) is 0.335. The predicted molar refractivity (Wildman–Crippen MR) is 40.3 cm³/mol. The van der Waals surface area contributed by atoms with Crippen molar-refractivity contribution in [3.8, 4) is 0 Å². The Kier molecular flexibility index (Phi) is 2.86. The van der Waals surface area contributed by atoms with Crippen molar-refractivity contribution in [2.75, 3.05) is 6.26 Å². The van der Waals surface area contributed by atoms with Crippen molar-refractivity contribution >= 4 is 39.7 Å². The van der Waals surface area contributed by atoms with Crippen molar-refractivity contribution in [3.63, 3.8) is 0 Å². The molecule has 3 nitrogen and oxygen atoms in total. The van der Waals surface area contributed by atoms with Crippen LogP contribution in [0.3, 0.4) is 0 Å². The van der Waals surface area contributed by atoms with E-state index >= 15 is 0 Å². The molecule has 0 amide bonds. The molecule has 0 saturated carbocycles. The third-order valence-corrected chi connectivity index (χ3v) is 1.23. The second kappa shape index (κ2) is 2.75. The van der Waals surface area contributed by atoms with Gasteiger partial charge < -0.3 is 0 Å². The van der Waals surface area contributed by atoms with Crippen LogP contribution in [0.2, 0.25) is 0 Å². The summed E-state index contributed by atoms with van der Waals surface area (Å²) >= 11 is 7.05. The molecule has 0 radical (unpaired) electrons. The minimum atomic E-state index is -3.29. The summed E-state index contributed by atoms with van der Waals surface area (Å²) in [6.07, 6.45) is 0.972. The summed E-state index contributed by atoms with van der Waals surface area (Å²) in [5.74, 6) is 0. The van der Waals surface area contributed by atoms with E-state index in [1.54, 1.807) is 0 Å². The van der Waals surface area contributed by atoms with Gasteiger partial charge in [0, 0.05) is 0 Å². The Balaban J connectivity index is 4.36. The van der Waals surface area contributed by atoms with Crippen LogP contribution in [0.1, 0.15) is 0 Å². The van der Waals surface area contributed by atoms with E-state index < -0.39 is 10.0 Å². The molecule has 0 aliphatic heterocycles. The lowest BCUT2D eigenvalue weighted by Gasteiger charge is -1.83. The van der Waals surface area contributed by atoms with Gasteiger partial charge in [-0.3, -0.25) is 0 Å². The van der Waals surface area contributed by atoms with E-state index in [0.717, 1.165) is 6.26 Å². The van der Waals surface area contributed by atoms with Crippen molar-refractivity contribution < 1.29 is 8.42 Å². The third-order valence-electron chi connectivity index (χ3n) is 0.247. The SMILES string of the molecule is CS(=O)(=O)N=C(S)S. The van der Waals surface area contributed by atoms with E-state index in [9.17, 15) is 8.42 Å². The molecule has 48 valence electrons. The highest BCUT2D eigenvalue weighted by Gasteiger charge is 1.94. The van der Waals surface area contributed by atoms with E-state index in [-0.39, 0.29) is 4.38 Å². The molecule has 0 bridgehead atoms. The molecular weight excluding hydrogens is 166 g/mol. The van der Waals surface area contributed by atoms with Crippen molar-refractivity contribution in [2.24, 2.45) is 4.40 Å². The highest BCUT2D eigenvalue weighted by molar-refractivity contribution is 8.24. The second-order valence-corrected chi connectivity index (χ2v) is 3.97. The standard InChI is InChI=1S/C2H5NO2S3/c1-8(4,5)3-2(6)7/h1H3,(H2,3,6,7). The van der Waals surface area contributed by atoms with E-state index in [0.29, 0.717) is 0 Å². The lowest BCUT2D eigenvalue weighted by molar-refractivity contribution is 0.604. The Bertz CT molecular complexity index is 187. The summed E-state index contributed by atoms with van der Waals surface area (Å²) in [6, 6.07) is 0. The largest absolute Gasteiger partial charge is 0.251 e. The van der Waals surface area contributed by atoms with Crippen LogP contribution in [0.25, 0.3) is 0 Å². The number of hydrogen-bond acceptors (Lipinski definition) is 2. The van der Waals surface area contributed by atoms with Crippen LogP contribution in [0.5, 0.6) is 0 Å². The summed E-state index contributed by atoms with van der Waals surface area (Å²) in [6.45, 7) is 0. The molecular formula is C2H5NO2S3. The zero-order chi connectivity index (χ0) is 6.78. The van der Waals surface area contributed by atoms with Crippen LogP contribution in [0.4, 0.5) is 0 Å². The lowest BCUT2D eigenvalue weighted by Crippen LogP contribution is -1.90. The summed E-state index contributed by atoms with van der Waals surface area (Å²) in [4.78, 5) is 0. The van der Waals surface area contributed by atoms with Gasteiger partial charge in [-0.1, -0.05) is 0 Å². The zero-order valence-corrected chi connectivity index (χ0v) is 6.67. The number of sulfonamides is 1. The van der Waals surface area contributed by atoms with E-state index in [2.05, 4.69) is 29.7 Å². The van der Waals surface area contributed by atoms with Crippen molar-refractivity contribution in [1.29, 1.82) is 0 Å². The number of thiol groups is 2. The van der Waals surface area contributed by atoms with E-state index in [1.807, 2.05) is 0 Å². The van der Waals surface area contributed by atoms with E-state index in [4.69, 9.17) is 0 Å². The summed E-state index contributed by atoms with van der Waals surface area (Å²) in [5.41, 5.74) is 0. The van der Waals surface area contributed by atoms with Crippen molar-refractivity contribution in [3.05, 3.63) is 0 Å². The maximum atomic E-state index is 10.2. The molecule has 0 atom stereocenters. The minimum Gasteiger partial charge on any atom is -0.205 e. The molecule has 0 aromatic carbocycles. The first-order chi connectivity index (χ1) is 3.42. The van der Waals surface area contributed by atoms with Gasteiger partial charge >= 0.3 is 0 Å². The first-order valence-electron chi connectivity index (χ1n) is 1.59. The summed E-state index contributed by atoms with van der Waals surface area (Å²) < 4.78 is 23.3. The number of hydrogen-bond donors (Lipinski definition) is 2. The molecule has 0 N–H and O–H groups in total. The van der Waals surface area contributed by atoms with Crippen molar-refractivity contribution in [2.45, 2.75) is 0 Å². The minimum absolute atomic E-state index is 0.0486. The Labute approximate surface area is 59.1 Å². The van der Waals surface area contributed by atoms with Crippen LogP contribution in [-0.4, -0.2) is 19.0 Å². The number of rotatable bonds is 1. The molecule has 0 rings (SSSR count). The zero-order valence-electron chi connectivity index (χ0n) is 4.07.